The molecule has 18 heteroatoms. The van der Waals surface area contributed by atoms with Crippen LogP contribution < -0.4 is 15.4 Å². The van der Waals surface area contributed by atoms with Gasteiger partial charge in [-0.25, -0.2) is 17.6 Å². The summed E-state index contributed by atoms with van der Waals surface area (Å²) in [5, 5.41) is 4.38. The minimum absolute atomic E-state index is 0.0567. The number of carbonyl (C=O) groups excluding carboxylic acids is 5. The van der Waals surface area contributed by atoms with Crippen LogP contribution in [0.25, 0.3) is 0 Å². The number of hydrogen-bond donors (Lipinski definition) is 3. The number of fused-ring (bicyclic) bond motifs is 3. The maximum atomic E-state index is 14.4. The molecule has 1 saturated heterocycles. The first-order valence-electron chi connectivity index (χ1n) is 17.5. The van der Waals surface area contributed by atoms with E-state index in [0.717, 1.165) is 4.90 Å². The molecule has 5 atom stereocenters. The number of halogens is 4. The number of hydrogen-bond acceptors (Lipinski definition) is 8. The van der Waals surface area contributed by atoms with E-state index in [2.05, 4.69) is 15.4 Å². The highest BCUT2D eigenvalue weighted by atomic mass is 32.2. The summed E-state index contributed by atoms with van der Waals surface area (Å²) in [5.41, 5.74) is -0.719. The summed E-state index contributed by atoms with van der Waals surface area (Å²) >= 11 is 0. The molecule has 1 aromatic carbocycles. The van der Waals surface area contributed by atoms with Crippen LogP contribution in [-0.4, -0.2) is 89.6 Å². The molecule has 5 amide bonds. The zero-order valence-electron chi connectivity index (χ0n) is 28.3. The zero-order valence-corrected chi connectivity index (χ0v) is 29.1. The normalized spacial score (nSPS) is 28.1. The van der Waals surface area contributed by atoms with E-state index < -0.39 is 99.5 Å². The molecule has 1 aromatic rings. The first kappa shape index (κ1) is 37.5. The highest BCUT2D eigenvalue weighted by Crippen LogP contribution is 2.46. The number of allylic oxidation sites excluding steroid dienone is 1. The molecule has 5 aliphatic rings. The van der Waals surface area contributed by atoms with Gasteiger partial charge in [0.1, 0.15) is 29.5 Å². The highest BCUT2D eigenvalue weighted by molar-refractivity contribution is 7.91. The largest absolute Gasteiger partial charge is 0.444 e. The second-order valence-corrected chi connectivity index (χ2v) is 16.2. The van der Waals surface area contributed by atoms with E-state index in [4.69, 9.17) is 4.74 Å². The Kier molecular flexibility index (Phi) is 10.6. The summed E-state index contributed by atoms with van der Waals surface area (Å²) in [6.07, 6.45) is -2.35. The number of carbonyl (C=O) groups is 5. The van der Waals surface area contributed by atoms with Crippen molar-refractivity contribution in [3.8, 4) is 0 Å². The Morgan fingerprint density at radius 1 is 1.06 bits per heavy atom. The predicted molar refractivity (Wildman–Crippen MR) is 175 cm³/mol. The number of ether oxygens (including phenoxy) is 1. The third-order valence-electron chi connectivity index (χ3n) is 10.3. The van der Waals surface area contributed by atoms with Crippen LogP contribution >= 0.6 is 0 Å². The average molecular weight is 756 g/mol. The van der Waals surface area contributed by atoms with Gasteiger partial charge >= 0.3 is 12.3 Å². The van der Waals surface area contributed by atoms with Crippen LogP contribution in [0.2, 0.25) is 0 Å². The van der Waals surface area contributed by atoms with Crippen LogP contribution in [0.1, 0.15) is 81.8 Å². The van der Waals surface area contributed by atoms with E-state index in [1.165, 1.54) is 17.0 Å². The number of nitrogens with zero attached hydrogens (tertiary/aromatic N) is 2. The molecular formula is C34H41F4N5O8S. The molecule has 0 bridgehead atoms. The Labute approximate surface area is 297 Å². The van der Waals surface area contributed by atoms with Crippen molar-refractivity contribution in [1.29, 1.82) is 0 Å². The average Bonchev–Trinajstić information content (AvgIpc) is 3.96. The highest BCUT2D eigenvalue weighted by Gasteiger charge is 2.62. The summed E-state index contributed by atoms with van der Waals surface area (Å²) < 4.78 is 86.2. The quantitative estimate of drug-likeness (QED) is 0.282. The topological polar surface area (TPSA) is 171 Å². The lowest BCUT2D eigenvalue weighted by Crippen LogP contribution is -2.58. The van der Waals surface area contributed by atoms with Crippen molar-refractivity contribution in [3.63, 3.8) is 0 Å². The van der Waals surface area contributed by atoms with Crippen LogP contribution in [0.15, 0.2) is 30.4 Å². The molecule has 6 rings (SSSR count). The molecule has 3 N–H and O–H groups in total. The van der Waals surface area contributed by atoms with E-state index in [0.29, 0.717) is 49.7 Å². The molecule has 0 radical (unpaired) electrons. The summed E-state index contributed by atoms with van der Waals surface area (Å²) in [4.78, 5) is 70.0. The fraction of sp³-hybridized carbons (Fsp3) is 0.618. The van der Waals surface area contributed by atoms with Crippen molar-refractivity contribution < 1.29 is 54.7 Å². The Morgan fingerprint density at radius 2 is 1.83 bits per heavy atom. The van der Waals surface area contributed by atoms with Gasteiger partial charge in [-0.1, -0.05) is 37.1 Å². The van der Waals surface area contributed by atoms with Gasteiger partial charge in [0.05, 0.1) is 24.8 Å². The Hall–Kier alpha value is -4.22. The molecule has 3 fully saturated rings. The molecule has 2 aliphatic carbocycles. The third kappa shape index (κ3) is 8.52. The summed E-state index contributed by atoms with van der Waals surface area (Å²) in [5.74, 6) is -4.58. The Morgan fingerprint density at radius 3 is 2.54 bits per heavy atom. The molecule has 1 unspecified atom stereocenters. The molecule has 13 nitrogen and oxygen atoms in total. The molecule has 0 aromatic heterocycles. The number of sulfonamides is 1. The molecule has 3 heterocycles. The maximum Gasteiger partial charge on any atom is 0.410 e. The van der Waals surface area contributed by atoms with Crippen molar-refractivity contribution in [2.45, 2.75) is 119 Å². The first-order valence-corrected chi connectivity index (χ1v) is 19.0. The Bertz CT molecular complexity index is 1750. The van der Waals surface area contributed by atoms with Gasteiger partial charge in [-0.3, -0.25) is 28.8 Å². The molecule has 0 spiro atoms. The zero-order chi connectivity index (χ0) is 37.4. The van der Waals surface area contributed by atoms with Crippen LogP contribution in [0.3, 0.4) is 0 Å². The van der Waals surface area contributed by atoms with E-state index in [9.17, 15) is 50.0 Å². The number of nitrogens with one attached hydrogen (secondary N) is 3. The van der Waals surface area contributed by atoms with E-state index in [-0.39, 0.29) is 38.9 Å². The lowest BCUT2D eigenvalue weighted by Gasteiger charge is -2.30. The summed E-state index contributed by atoms with van der Waals surface area (Å²) in [7, 11) is -3.98. The van der Waals surface area contributed by atoms with E-state index in [1.807, 2.05) is 6.08 Å². The Balaban J connectivity index is 1.24. The van der Waals surface area contributed by atoms with Crippen LogP contribution in [0.5, 0.6) is 0 Å². The fourth-order valence-corrected chi connectivity index (χ4v) is 8.46. The predicted octanol–water partition coefficient (Wildman–Crippen LogP) is 3.08. The van der Waals surface area contributed by atoms with E-state index >= 15 is 0 Å². The molecule has 52 heavy (non-hydrogen) atoms. The maximum absolute atomic E-state index is 14.4. The van der Waals surface area contributed by atoms with Gasteiger partial charge in [0.15, 0.2) is 0 Å². The van der Waals surface area contributed by atoms with Gasteiger partial charge in [0.2, 0.25) is 27.7 Å². The van der Waals surface area contributed by atoms with Crippen LogP contribution in [0, 0.1) is 11.7 Å². The van der Waals surface area contributed by atoms with Gasteiger partial charge in [-0.05, 0) is 50.2 Å². The fourth-order valence-electron chi connectivity index (χ4n) is 7.10. The third-order valence-corrected chi connectivity index (χ3v) is 12.1. The van der Waals surface area contributed by atoms with Gasteiger partial charge in [-0.15, -0.1) is 0 Å². The molecule has 2 saturated carbocycles. The second kappa shape index (κ2) is 14.7. The van der Waals surface area contributed by atoms with Crippen LogP contribution in [0.4, 0.5) is 22.4 Å². The van der Waals surface area contributed by atoms with Crippen molar-refractivity contribution in [2.24, 2.45) is 5.92 Å². The minimum atomic E-state index is -4.60. The lowest BCUT2D eigenvalue weighted by molar-refractivity contribution is -0.146. The summed E-state index contributed by atoms with van der Waals surface area (Å²) in [6.45, 7) is -0.332. The SMILES string of the molecule is O=C(CCC(F)(F)F)N[C@H]1CCCCCC=C[C@@H]2C[C@@]2(C(=O)NS(=O)(=O)C2CC2)NC(=O)C2C[C@@H](OC(=O)N3Cc4cccc(F)c4C3)CN2C1=O. The van der Waals surface area contributed by atoms with Gasteiger partial charge in [0.25, 0.3) is 5.91 Å². The monoisotopic (exact) mass is 755 g/mol. The minimum Gasteiger partial charge on any atom is -0.444 e. The molecule has 284 valence electrons. The second-order valence-electron chi connectivity index (χ2n) is 14.2. The number of benzene rings is 1. The summed E-state index contributed by atoms with van der Waals surface area (Å²) in [6, 6.07) is 1.78. The van der Waals surface area contributed by atoms with Gasteiger partial charge in [-0.2, -0.15) is 13.2 Å². The molecule has 3 aliphatic heterocycles. The van der Waals surface area contributed by atoms with Gasteiger partial charge in [0, 0.05) is 30.9 Å². The van der Waals surface area contributed by atoms with Crippen LogP contribution in [-0.2, 0) is 47.0 Å². The standard InChI is InChI=1S/C34H41F4N5O8S/c35-25-9-6-7-20-17-42(19-24(20)25)32(48)51-22-15-27-29(45)40-33(31(47)41-52(49,50)23-11-12-23)16-21(33)8-4-2-1-3-5-10-26(30(46)43(27)18-22)39-28(44)13-14-34(36,37)38/h4,6-9,21-23,26-27H,1-3,5,10-19H2,(H,39,44)(H,40,45)(H,41,47)/t21-,22-,26+,27?,33-/m1/s1. The number of amides is 5. The number of alkyl halides is 3. The molecular weight excluding hydrogens is 714 g/mol. The smallest absolute Gasteiger partial charge is 0.410 e. The van der Waals surface area contributed by atoms with Gasteiger partial charge < -0.3 is 20.3 Å². The van der Waals surface area contributed by atoms with Crippen molar-refractivity contribution >= 4 is 39.7 Å². The first-order chi connectivity index (χ1) is 24.6. The number of rotatable bonds is 7. The lowest BCUT2D eigenvalue weighted by atomic mass is 10.0. The van der Waals surface area contributed by atoms with E-state index in [1.54, 1.807) is 12.1 Å². The van der Waals surface area contributed by atoms with Crippen molar-refractivity contribution in [2.75, 3.05) is 6.54 Å². The van der Waals surface area contributed by atoms with Crippen molar-refractivity contribution in [1.82, 2.24) is 25.2 Å². The van der Waals surface area contributed by atoms with Crippen molar-refractivity contribution in [3.05, 3.63) is 47.3 Å².